The maximum atomic E-state index is 13.1. The molecule has 3 rings (SSSR count). The fourth-order valence-electron chi connectivity index (χ4n) is 2.22. The van der Waals surface area contributed by atoms with Crippen LogP contribution >= 0.6 is 0 Å². The number of aryl methyl sites for hydroxylation is 1. The second-order valence-corrected chi connectivity index (χ2v) is 4.88. The van der Waals surface area contributed by atoms with Crippen LogP contribution in [-0.2, 0) is 6.42 Å². The van der Waals surface area contributed by atoms with Gasteiger partial charge in [-0.2, -0.15) is 0 Å². The van der Waals surface area contributed by atoms with Crippen molar-refractivity contribution in [1.29, 1.82) is 0 Å². The van der Waals surface area contributed by atoms with Crippen LogP contribution in [0.3, 0.4) is 0 Å². The van der Waals surface area contributed by atoms with Gasteiger partial charge >= 0.3 is 0 Å². The Morgan fingerprint density at radius 3 is 2.80 bits per heavy atom. The molecule has 0 radical (unpaired) electrons. The third kappa shape index (κ3) is 2.48. The molecule has 2 nitrogen and oxygen atoms in total. The number of rotatable bonds is 3. The Morgan fingerprint density at radius 2 is 2.00 bits per heavy atom. The van der Waals surface area contributed by atoms with E-state index in [4.69, 9.17) is 4.42 Å². The highest BCUT2D eigenvalue weighted by molar-refractivity contribution is 5.98. The van der Waals surface area contributed by atoms with Crippen LogP contribution in [0.2, 0.25) is 0 Å². The van der Waals surface area contributed by atoms with E-state index in [1.54, 1.807) is 18.2 Å². The molecule has 0 aliphatic rings. The molecule has 0 aliphatic heterocycles. The van der Waals surface area contributed by atoms with E-state index >= 15 is 0 Å². The third-order valence-electron chi connectivity index (χ3n) is 3.20. The van der Waals surface area contributed by atoms with Gasteiger partial charge < -0.3 is 4.42 Å². The molecule has 0 saturated heterocycles. The molecule has 100 valence electrons. The Labute approximate surface area is 115 Å². The number of halogens is 1. The van der Waals surface area contributed by atoms with Crippen LogP contribution < -0.4 is 0 Å². The Balaban J connectivity index is 1.88. The molecule has 0 saturated carbocycles. The van der Waals surface area contributed by atoms with Gasteiger partial charge in [0.05, 0.1) is 0 Å². The van der Waals surface area contributed by atoms with Crippen molar-refractivity contribution >= 4 is 16.8 Å². The van der Waals surface area contributed by atoms with Gasteiger partial charge in [-0.25, -0.2) is 4.39 Å². The minimum absolute atomic E-state index is 0.135. The van der Waals surface area contributed by atoms with Crippen LogP contribution in [0.1, 0.15) is 21.7 Å². The van der Waals surface area contributed by atoms with Crippen molar-refractivity contribution in [3.8, 4) is 0 Å². The zero-order valence-electron chi connectivity index (χ0n) is 11.0. The van der Waals surface area contributed by atoms with Crippen LogP contribution in [0.15, 0.2) is 52.9 Å². The topological polar surface area (TPSA) is 30.2 Å². The molecular formula is C17H13FO2. The lowest BCUT2D eigenvalue weighted by Crippen LogP contribution is -2.02. The molecule has 1 heterocycles. The summed E-state index contributed by atoms with van der Waals surface area (Å²) in [5.41, 5.74) is 2.45. The van der Waals surface area contributed by atoms with Crippen molar-refractivity contribution in [3.63, 3.8) is 0 Å². The number of hydrogen-bond acceptors (Lipinski definition) is 2. The van der Waals surface area contributed by atoms with Crippen molar-refractivity contribution in [1.82, 2.24) is 0 Å². The average molecular weight is 268 g/mol. The quantitative estimate of drug-likeness (QED) is 0.663. The molecule has 3 aromatic rings. The average Bonchev–Trinajstić information content (AvgIpc) is 2.81. The Morgan fingerprint density at radius 1 is 1.15 bits per heavy atom. The lowest BCUT2D eigenvalue weighted by Gasteiger charge is -1.98. The van der Waals surface area contributed by atoms with Crippen LogP contribution in [0.5, 0.6) is 0 Å². The highest BCUT2D eigenvalue weighted by Gasteiger charge is 2.13. The SMILES string of the molecule is Cc1ccc2oc(C(=O)Cc3cccc(F)c3)cc2c1. The molecule has 0 fully saturated rings. The van der Waals surface area contributed by atoms with E-state index in [9.17, 15) is 9.18 Å². The zero-order chi connectivity index (χ0) is 14.1. The standard InChI is InChI=1S/C17H13FO2/c1-11-5-6-16-13(7-11)10-17(20-16)15(19)9-12-3-2-4-14(18)8-12/h2-8,10H,9H2,1H3. The van der Waals surface area contributed by atoms with Crippen LogP contribution in [0.4, 0.5) is 4.39 Å². The second kappa shape index (κ2) is 4.93. The van der Waals surface area contributed by atoms with Gasteiger partial charge in [0, 0.05) is 11.8 Å². The number of furan rings is 1. The van der Waals surface area contributed by atoms with E-state index in [0.717, 1.165) is 10.9 Å². The summed E-state index contributed by atoms with van der Waals surface area (Å²) in [4.78, 5) is 12.2. The number of carbonyl (C=O) groups is 1. The summed E-state index contributed by atoms with van der Waals surface area (Å²) >= 11 is 0. The normalized spacial score (nSPS) is 10.9. The van der Waals surface area contributed by atoms with Gasteiger partial charge in [-0.3, -0.25) is 4.79 Å². The number of benzene rings is 2. The molecule has 0 unspecified atom stereocenters. The van der Waals surface area contributed by atoms with Crippen molar-refractivity contribution in [3.05, 3.63) is 71.2 Å². The third-order valence-corrected chi connectivity index (χ3v) is 3.20. The predicted molar refractivity (Wildman–Crippen MR) is 75.4 cm³/mol. The van der Waals surface area contributed by atoms with Crippen molar-refractivity contribution in [2.45, 2.75) is 13.3 Å². The molecule has 2 aromatic carbocycles. The molecular weight excluding hydrogens is 255 g/mol. The molecule has 3 heteroatoms. The summed E-state index contributed by atoms with van der Waals surface area (Å²) in [6.45, 7) is 1.99. The van der Waals surface area contributed by atoms with Gasteiger partial charge in [0.15, 0.2) is 5.76 Å². The van der Waals surface area contributed by atoms with Gasteiger partial charge in [0.25, 0.3) is 0 Å². The van der Waals surface area contributed by atoms with Crippen LogP contribution in [0.25, 0.3) is 11.0 Å². The summed E-state index contributed by atoms with van der Waals surface area (Å²) < 4.78 is 18.6. The summed E-state index contributed by atoms with van der Waals surface area (Å²) in [6, 6.07) is 13.6. The smallest absolute Gasteiger partial charge is 0.202 e. The second-order valence-electron chi connectivity index (χ2n) is 4.88. The summed E-state index contributed by atoms with van der Waals surface area (Å²) in [5, 5.41) is 0.910. The highest BCUT2D eigenvalue weighted by atomic mass is 19.1. The summed E-state index contributed by atoms with van der Waals surface area (Å²) in [7, 11) is 0. The summed E-state index contributed by atoms with van der Waals surface area (Å²) in [5.74, 6) is -0.171. The largest absolute Gasteiger partial charge is 0.453 e. The zero-order valence-corrected chi connectivity index (χ0v) is 11.0. The van der Waals surface area contributed by atoms with E-state index in [-0.39, 0.29) is 18.0 Å². The van der Waals surface area contributed by atoms with Crippen LogP contribution in [-0.4, -0.2) is 5.78 Å². The van der Waals surface area contributed by atoms with E-state index < -0.39 is 0 Å². The lowest BCUT2D eigenvalue weighted by molar-refractivity contribution is 0.0968. The molecule has 0 aliphatic carbocycles. The van der Waals surface area contributed by atoms with E-state index in [1.807, 2.05) is 25.1 Å². The molecule has 0 atom stereocenters. The number of ketones is 1. The summed E-state index contributed by atoms with van der Waals surface area (Å²) in [6.07, 6.45) is 0.135. The molecule has 1 aromatic heterocycles. The maximum Gasteiger partial charge on any atom is 0.202 e. The van der Waals surface area contributed by atoms with E-state index in [0.29, 0.717) is 16.9 Å². The fraction of sp³-hybridized carbons (Fsp3) is 0.118. The Hall–Kier alpha value is -2.42. The first kappa shape index (κ1) is 12.6. The van der Waals surface area contributed by atoms with Crippen molar-refractivity contribution in [2.24, 2.45) is 0 Å². The first-order valence-electron chi connectivity index (χ1n) is 6.40. The van der Waals surface area contributed by atoms with Gasteiger partial charge in [-0.1, -0.05) is 23.8 Å². The monoisotopic (exact) mass is 268 g/mol. The number of carbonyl (C=O) groups excluding carboxylic acids is 1. The van der Waals surface area contributed by atoms with Crippen molar-refractivity contribution < 1.29 is 13.6 Å². The maximum absolute atomic E-state index is 13.1. The lowest BCUT2D eigenvalue weighted by atomic mass is 10.1. The fourth-order valence-corrected chi connectivity index (χ4v) is 2.22. The minimum atomic E-state index is -0.337. The van der Waals surface area contributed by atoms with Crippen LogP contribution in [0, 0.1) is 12.7 Å². The Kier molecular flexibility index (Phi) is 3.11. The number of Topliss-reactive ketones (excluding diaryl/α,β-unsaturated/α-hetero) is 1. The van der Waals surface area contributed by atoms with E-state index in [1.165, 1.54) is 12.1 Å². The molecule has 0 spiro atoms. The predicted octanol–water partition coefficient (Wildman–Crippen LogP) is 4.31. The van der Waals surface area contributed by atoms with Gasteiger partial charge in [0.2, 0.25) is 5.78 Å². The van der Waals surface area contributed by atoms with Gasteiger partial charge in [0.1, 0.15) is 11.4 Å². The number of hydrogen-bond donors (Lipinski definition) is 0. The molecule has 0 amide bonds. The minimum Gasteiger partial charge on any atom is -0.453 e. The molecule has 20 heavy (non-hydrogen) atoms. The van der Waals surface area contributed by atoms with Gasteiger partial charge in [-0.05, 0) is 42.8 Å². The first-order valence-corrected chi connectivity index (χ1v) is 6.40. The molecule has 0 N–H and O–H groups in total. The van der Waals surface area contributed by atoms with Gasteiger partial charge in [-0.15, -0.1) is 0 Å². The highest BCUT2D eigenvalue weighted by Crippen LogP contribution is 2.21. The number of fused-ring (bicyclic) bond motifs is 1. The first-order chi connectivity index (χ1) is 9.61. The molecule has 0 bridgehead atoms. The van der Waals surface area contributed by atoms with E-state index in [2.05, 4.69) is 0 Å². The Bertz CT molecular complexity index is 787. The van der Waals surface area contributed by atoms with Crippen molar-refractivity contribution in [2.75, 3.05) is 0 Å².